The van der Waals surface area contributed by atoms with E-state index in [9.17, 15) is 4.79 Å². The summed E-state index contributed by atoms with van der Waals surface area (Å²) >= 11 is 0. The van der Waals surface area contributed by atoms with Crippen molar-refractivity contribution in [1.82, 2.24) is 10.3 Å². The first-order chi connectivity index (χ1) is 10.5. The van der Waals surface area contributed by atoms with Gasteiger partial charge in [-0.15, -0.1) is 0 Å². The first-order valence-electron chi connectivity index (χ1n) is 7.86. The number of fused-ring (bicyclic) bond motifs is 1. The van der Waals surface area contributed by atoms with Crippen molar-refractivity contribution in [3.05, 3.63) is 29.0 Å². The molecule has 5 heteroatoms. The lowest BCUT2D eigenvalue weighted by Crippen LogP contribution is -2.44. The topological polar surface area (TPSA) is 74.2 Å². The number of rotatable bonds is 3. The number of hydrogen-bond donors (Lipinski definition) is 3. The summed E-state index contributed by atoms with van der Waals surface area (Å²) in [6, 6.07) is 4.40. The molecule has 118 valence electrons. The third kappa shape index (κ3) is 2.35. The van der Waals surface area contributed by atoms with Crippen LogP contribution in [0.5, 0.6) is 0 Å². The number of nitrogens with one attached hydrogen (secondary N) is 2. The van der Waals surface area contributed by atoms with Crippen molar-refractivity contribution in [2.75, 3.05) is 25.0 Å². The molecule has 1 aliphatic heterocycles. The second-order valence-electron chi connectivity index (χ2n) is 6.20. The number of carbonyl (C=O) groups excluding carboxylic acids is 1. The van der Waals surface area contributed by atoms with Gasteiger partial charge in [-0.2, -0.15) is 0 Å². The molecule has 0 bridgehead atoms. The summed E-state index contributed by atoms with van der Waals surface area (Å²) in [6.45, 7) is 6.18. The molecule has 1 atom stereocenters. The van der Waals surface area contributed by atoms with Crippen molar-refractivity contribution in [2.24, 2.45) is 5.73 Å². The highest BCUT2D eigenvalue weighted by Gasteiger charge is 2.23. The molecule has 3 rings (SSSR count). The number of amides is 1. The number of aromatic nitrogens is 1. The van der Waals surface area contributed by atoms with E-state index < -0.39 is 0 Å². The quantitative estimate of drug-likeness (QED) is 0.812. The average molecular weight is 300 g/mol. The van der Waals surface area contributed by atoms with Gasteiger partial charge < -0.3 is 20.9 Å². The van der Waals surface area contributed by atoms with E-state index in [0.717, 1.165) is 29.7 Å². The highest BCUT2D eigenvalue weighted by atomic mass is 16.1. The number of piperidine rings is 1. The number of aromatic amines is 1. The number of nitrogens with zero attached hydrogens (tertiary/aromatic N) is 1. The van der Waals surface area contributed by atoms with Gasteiger partial charge in [-0.25, -0.2) is 0 Å². The number of H-pyrrole nitrogens is 1. The molecule has 1 aromatic carbocycles. The molecule has 4 N–H and O–H groups in total. The van der Waals surface area contributed by atoms with Crippen molar-refractivity contribution in [2.45, 2.75) is 32.7 Å². The van der Waals surface area contributed by atoms with Crippen LogP contribution in [-0.4, -0.2) is 37.1 Å². The van der Waals surface area contributed by atoms with Crippen LogP contribution < -0.4 is 16.0 Å². The van der Waals surface area contributed by atoms with Crippen molar-refractivity contribution in [3.8, 4) is 0 Å². The minimum absolute atomic E-state index is 0.385. The van der Waals surface area contributed by atoms with E-state index in [4.69, 9.17) is 5.73 Å². The Kier molecular flexibility index (Phi) is 3.83. The van der Waals surface area contributed by atoms with Crippen LogP contribution in [0.15, 0.2) is 12.1 Å². The molecular weight excluding hydrogens is 276 g/mol. The summed E-state index contributed by atoms with van der Waals surface area (Å²) in [5.74, 6) is -0.385. The molecule has 1 fully saturated rings. The van der Waals surface area contributed by atoms with Crippen molar-refractivity contribution < 1.29 is 4.79 Å². The summed E-state index contributed by atoms with van der Waals surface area (Å²) in [4.78, 5) is 17.5. The molecule has 0 radical (unpaired) electrons. The summed E-state index contributed by atoms with van der Waals surface area (Å²) in [6.07, 6.45) is 2.38. The monoisotopic (exact) mass is 300 g/mol. The molecule has 1 saturated heterocycles. The van der Waals surface area contributed by atoms with Crippen LogP contribution in [0.4, 0.5) is 5.69 Å². The fourth-order valence-electron chi connectivity index (χ4n) is 3.47. The third-order valence-corrected chi connectivity index (χ3v) is 4.87. The van der Waals surface area contributed by atoms with Crippen LogP contribution in [0.25, 0.3) is 10.9 Å². The summed E-state index contributed by atoms with van der Waals surface area (Å²) in [5, 5.41) is 4.51. The second kappa shape index (κ2) is 5.65. The van der Waals surface area contributed by atoms with Crippen LogP contribution in [0.2, 0.25) is 0 Å². The van der Waals surface area contributed by atoms with E-state index in [2.05, 4.69) is 22.1 Å². The SMILES string of the molecule is CNC1CCCN(c2ccc(C(N)=O)c3[nH]c(C)c(C)c23)C1. The Hall–Kier alpha value is -2.01. The Morgan fingerprint density at radius 3 is 2.86 bits per heavy atom. The van der Waals surface area contributed by atoms with Gasteiger partial charge in [0.15, 0.2) is 0 Å². The van der Waals surface area contributed by atoms with E-state index in [1.165, 1.54) is 24.1 Å². The number of carbonyl (C=O) groups is 1. The molecule has 1 aliphatic rings. The maximum Gasteiger partial charge on any atom is 0.250 e. The van der Waals surface area contributed by atoms with Gasteiger partial charge in [-0.05, 0) is 51.4 Å². The molecule has 0 spiro atoms. The molecule has 1 unspecified atom stereocenters. The van der Waals surface area contributed by atoms with Crippen LogP contribution in [0.1, 0.15) is 34.5 Å². The van der Waals surface area contributed by atoms with Crippen LogP contribution in [0, 0.1) is 13.8 Å². The van der Waals surface area contributed by atoms with Crippen LogP contribution >= 0.6 is 0 Å². The first kappa shape index (κ1) is 14.9. The normalized spacial score (nSPS) is 18.9. The highest BCUT2D eigenvalue weighted by Crippen LogP contribution is 2.34. The number of benzene rings is 1. The van der Waals surface area contributed by atoms with Gasteiger partial charge >= 0.3 is 0 Å². The van der Waals surface area contributed by atoms with E-state index in [1.807, 2.05) is 26.1 Å². The molecule has 1 aromatic heterocycles. The Bertz CT molecular complexity index is 719. The largest absolute Gasteiger partial charge is 0.369 e. The fraction of sp³-hybridized carbons (Fsp3) is 0.471. The standard InChI is InChI=1S/C17H24N4O/c1-10-11(2)20-16-13(17(18)22)6-7-14(15(10)16)21-8-4-5-12(9-21)19-3/h6-7,12,19-20H,4-5,8-9H2,1-3H3,(H2,18,22). The average Bonchev–Trinajstić information content (AvgIpc) is 2.82. The van der Waals surface area contributed by atoms with Crippen LogP contribution in [-0.2, 0) is 0 Å². The summed E-state index contributed by atoms with van der Waals surface area (Å²) in [5.41, 5.74) is 10.4. The third-order valence-electron chi connectivity index (χ3n) is 4.87. The molecule has 1 amide bonds. The highest BCUT2D eigenvalue weighted by molar-refractivity contribution is 6.10. The minimum atomic E-state index is -0.385. The molecule has 5 nitrogen and oxygen atoms in total. The number of anilines is 1. The number of likely N-dealkylation sites (N-methyl/N-ethyl adjacent to an activating group) is 1. The van der Waals surface area contributed by atoms with Gasteiger partial charge in [0.05, 0.1) is 11.1 Å². The van der Waals surface area contributed by atoms with Gasteiger partial charge in [-0.1, -0.05) is 0 Å². The molecule has 2 heterocycles. The lowest BCUT2D eigenvalue weighted by Gasteiger charge is -2.35. The number of primary amides is 1. The first-order valence-corrected chi connectivity index (χ1v) is 7.86. The van der Waals surface area contributed by atoms with Gasteiger partial charge in [-0.3, -0.25) is 4.79 Å². The van der Waals surface area contributed by atoms with E-state index in [1.54, 1.807) is 0 Å². The summed E-state index contributed by atoms with van der Waals surface area (Å²) < 4.78 is 0. The van der Waals surface area contributed by atoms with Crippen molar-refractivity contribution in [3.63, 3.8) is 0 Å². The molecule has 22 heavy (non-hydrogen) atoms. The Balaban J connectivity index is 2.14. The van der Waals surface area contributed by atoms with Gasteiger partial charge in [0.25, 0.3) is 5.91 Å². The molecule has 0 aliphatic carbocycles. The van der Waals surface area contributed by atoms with Crippen LogP contribution in [0.3, 0.4) is 0 Å². The lowest BCUT2D eigenvalue weighted by molar-refractivity contribution is 0.100. The Morgan fingerprint density at radius 1 is 1.41 bits per heavy atom. The van der Waals surface area contributed by atoms with Crippen molar-refractivity contribution in [1.29, 1.82) is 0 Å². The number of nitrogens with two attached hydrogens (primary N) is 1. The zero-order valence-corrected chi connectivity index (χ0v) is 13.5. The number of aryl methyl sites for hydroxylation is 2. The lowest BCUT2D eigenvalue weighted by atomic mass is 10.0. The van der Waals surface area contributed by atoms with Crippen molar-refractivity contribution >= 4 is 22.5 Å². The minimum Gasteiger partial charge on any atom is -0.369 e. The molecule has 0 saturated carbocycles. The zero-order chi connectivity index (χ0) is 15.9. The summed E-state index contributed by atoms with van der Waals surface area (Å²) in [7, 11) is 2.02. The molecular formula is C17H24N4O. The predicted molar refractivity (Wildman–Crippen MR) is 90.6 cm³/mol. The number of hydrogen-bond acceptors (Lipinski definition) is 3. The maximum atomic E-state index is 11.7. The zero-order valence-electron chi connectivity index (χ0n) is 13.5. The maximum absolute atomic E-state index is 11.7. The van der Waals surface area contributed by atoms with Gasteiger partial charge in [0.2, 0.25) is 0 Å². The van der Waals surface area contributed by atoms with E-state index in [0.29, 0.717) is 11.6 Å². The van der Waals surface area contributed by atoms with E-state index in [-0.39, 0.29) is 5.91 Å². The Labute approximate surface area is 130 Å². The van der Waals surface area contributed by atoms with Gasteiger partial charge in [0.1, 0.15) is 0 Å². The predicted octanol–water partition coefficient (Wildman–Crippen LogP) is 2.07. The smallest absolute Gasteiger partial charge is 0.250 e. The fourth-order valence-corrected chi connectivity index (χ4v) is 3.47. The van der Waals surface area contributed by atoms with E-state index >= 15 is 0 Å². The Morgan fingerprint density at radius 2 is 2.18 bits per heavy atom. The second-order valence-corrected chi connectivity index (χ2v) is 6.20. The molecule has 2 aromatic rings. The van der Waals surface area contributed by atoms with Gasteiger partial charge in [0, 0.05) is 35.9 Å².